The molecule has 3 rings (SSSR count). The highest BCUT2D eigenvalue weighted by molar-refractivity contribution is 5.93. The number of aryl methyl sites for hydroxylation is 1. The predicted molar refractivity (Wildman–Crippen MR) is 102 cm³/mol. The molecule has 2 N–H and O–H groups in total. The average molecular weight is 397 g/mol. The van der Waals surface area contributed by atoms with Gasteiger partial charge in [0.15, 0.2) is 18.1 Å². The summed E-state index contributed by atoms with van der Waals surface area (Å²) in [5.74, 6) is 0.0831. The molecule has 2 heterocycles. The van der Waals surface area contributed by atoms with Gasteiger partial charge in [-0.05, 0) is 43.5 Å². The van der Waals surface area contributed by atoms with Gasteiger partial charge in [-0.3, -0.25) is 14.4 Å². The Bertz CT molecular complexity index is 1070. The lowest BCUT2D eigenvalue weighted by molar-refractivity contribution is -0.147. The Hall–Kier alpha value is -3.80. The fraction of sp³-hybridized carbons (Fsp3) is 0.300. The van der Waals surface area contributed by atoms with Gasteiger partial charge in [-0.25, -0.2) is 0 Å². The van der Waals surface area contributed by atoms with Crippen molar-refractivity contribution in [1.82, 2.24) is 4.98 Å². The van der Waals surface area contributed by atoms with E-state index in [2.05, 4.69) is 10.3 Å². The van der Waals surface area contributed by atoms with Crippen molar-refractivity contribution >= 4 is 17.6 Å². The van der Waals surface area contributed by atoms with E-state index in [1.165, 1.54) is 0 Å². The number of amides is 1. The molecule has 1 aliphatic heterocycles. The maximum Gasteiger partial charge on any atom is 0.306 e. The molecule has 1 aromatic carbocycles. The number of nitriles is 1. The first-order chi connectivity index (χ1) is 13.9. The third-order valence-corrected chi connectivity index (χ3v) is 4.52. The predicted octanol–water partition coefficient (Wildman–Crippen LogP) is 1.71. The first kappa shape index (κ1) is 19.9. The highest BCUT2D eigenvalue weighted by Crippen LogP contribution is 2.34. The van der Waals surface area contributed by atoms with Gasteiger partial charge in [0.1, 0.15) is 11.6 Å². The molecule has 0 spiro atoms. The number of fused-ring (bicyclic) bond motifs is 1. The van der Waals surface area contributed by atoms with Gasteiger partial charge in [0.2, 0.25) is 6.79 Å². The first-order valence-electron chi connectivity index (χ1n) is 8.86. The van der Waals surface area contributed by atoms with Gasteiger partial charge in [-0.1, -0.05) is 0 Å². The SMILES string of the molecule is Cc1[nH]c(=O)c(C#N)c(C)c1CCC(=O)OCC(=O)Nc1ccc2c(c1)OCO2. The number of nitrogens with one attached hydrogen (secondary N) is 2. The number of carbonyl (C=O) groups excluding carboxylic acids is 2. The minimum Gasteiger partial charge on any atom is -0.456 e. The molecule has 0 radical (unpaired) electrons. The highest BCUT2D eigenvalue weighted by Gasteiger charge is 2.16. The summed E-state index contributed by atoms with van der Waals surface area (Å²) >= 11 is 0. The summed E-state index contributed by atoms with van der Waals surface area (Å²) in [6, 6.07) is 6.82. The monoisotopic (exact) mass is 397 g/mol. The molecule has 9 heteroatoms. The molecule has 0 saturated heterocycles. The second-order valence-electron chi connectivity index (χ2n) is 6.45. The Kier molecular flexibility index (Phi) is 5.83. The van der Waals surface area contributed by atoms with Crippen molar-refractivity contribution in [2.45, 2.75) is 26.7 Å². The highest BCUT2D eigenvalue weighted by atomic mass is 16.7. The van der Waals surface area contributed by atoms with Crippen LogP contribution in [-0.4, -0.2) is 30.3 Å². The number of hydrogen-bond donors (Lipinski definition) is 2. The molecule has 2 aromatic rings. The van der Waals surface area contributed by atoms with Crippen molar-refractivity contribution < 1.29 is 23.8 Å². The number of nitrogens with zero attached hydrogens (tertiary/aromatic N) is 1. The van der Waals surface area contributed by atoms with E-state index in [9.17, 15) is 14.4 Å². The maximum absolute atomic E-state index is 12.0. The second kappa shape index (κ2) is 8.48. The summed E-state index contributed by atoms with van der Waals surface area (Å²) in [7, 11) is 0. The van der Waals surface area contributed by atoms with Gasteiger partial charge >= 0.3 is 5.97 Å². The number of H-pyrrole nitrogens is 1. The Morgan fingerprint density at radius 3 is 2.79 bits per heavy atom. The normalized spacial score (nSPS) is 11.6. The number of carbonyl (C=O) groups is 2. The van der Waals surface area contributed by atoms with Crippen LogP contribution in [0.15, 0.2) is 23.0 Å². The third kappa shape index (κ3) is 4.55. The van der Waals surface area contributed by atoms with E-state index in [0.717, 1.165) is 0 Å². The Morgan fingerprint density at radius 1 is 1.28 bits per heavy atom. The number of esters is 1. The van der Waals surface area contributed by atoms with Crippen LogP contribution in [0.3, 0.4) is 0 Å². The lowest BCUT2D eigenvalue weighted by Gasteiger charge is -2.11. The topological polar surface area (TPSA) is 131 Å². The van der Waals surface area contributed by atoms with Gasteiger partial charge in [0, 0.05) is 23.9 Å². The zero-order chi connectivity index (χ0) is 21.0. The molecule has 1 aromatic heterocycles. The number of benzene rings is 1. The van der Waals surface area contributed by atoms with E-state index in [4.69, 9.17) is 19.5 Å². The van der Waals surface area contributed by atoms with Gasteiger partial charge in [-0.2, -0.15) is 5.26 Å². The molecule has 0 bridgehead atoms. The summed E-state index contributed by atoms with van der Waals surface area (Å²) < 4.78 is 15.4. The van der Waals surface area contributed by atoms with E-state index < -0.39 is 24.0 Å². The molecular formula is C20H19N3O6. The van der Waals surface area contributed by atoms with Crippen LogP contribution in [0.4, 0.5) is 5.69 Å². The lowest BCUT2D eigenvalue weighted by atomic mass is 9.99. The zero-order valence-corrected chi connectivity index (χ0v) is 16.0. The summed E-state index contributed by atoms with van der Waals surface area (Å²) in [5.41, 5.74) is 1.93. The van der Waals surface area contributed by atoms with E-state index in [0.29, 0.717) is 34.0 Å². The zero-order valence-electron chi connectivity index (χ0n) is 16.0. The van der Waals surface area contributed by atoms with Crippen molar-refractivity contribution in [3.05, 3.63) is 50.9 Å². The number of aromatic amines is 1. The van der Waals surface area contributed by atoms with Crippen LogP contribution in [0.1, 0.15) is 28.8 Å². The quantitative estimate of drug-likeness (QED) is 0.710. The number of rotatable bonds is 6. The number of hydrogen-bond acceptors (Lipinski definition) is 7. The summed E-state index contributed by atoms with van der Waals surface area (Å²) in [4.78, 5) is 38.3. The molecule has 29 heavy (non-hydrogen) atoms. The van der Waals surface area contributed by atoms with Crippen molar-refractivity contribution in [1.29, 1.82) is 5.26 Å². The molecule has 0 unspecified atom stereocenters. The summed E-state index contributed by atoms with van der Waals surface area (Å²) in [6.07, 6.45) is 0.293. The number of ether oxygens (including phenoxy) is 3. The molecule has 1 amide bonds. The smallest absolute Gasteiger partial charge is 0.306 e. The Morgan fingerprint density at radius 2 is 2.03 bits per heavy atom. The molecular weight excluding hydrogens is 378 g/mol. The van der Waals surface area contributed by atoms with Crippen LogP contribution in [0.5, 0.6) is 11.5 Å². The van der Waals surface area contributed by atoms with Crippen LogP contribution in [-0.2, 0) is 20.7 Å². The minimum atomic E-state index is -0.561. The van der Waals surface area contributed by atoms with Gasteiger partial charge < -0.3 is 24.5 Å². The van der Waals surface area contributed by atoms with E-state index in [1.807, 2.05) is 6.07 Å². The van der Waals surface area contributed by atoms with Gasteiger partial charge in [0.25, 0.3) is 11.5 Å². The van der Waals surface area contributed by atoms with E-state index in [-0.39, 0.29) is 25.2 Å². The van der Waals surface area contributed by atoms with Crippen molar-refractivity contribution in [2.75, 3.05) is 18.7 Å². The molecule has 0 atom stereocenters. The summed E-state index contributed by atoms with van der Waals surface area (Å²) in [6.45, 7) is 3.07. The van der Waals surface area contributed by atoms with Gasteiger partial charge in [0.05, 0.1) is 0 Å². The number of pyridine rings is 1. The molecule has 1 aliphatic rings. The molecule has 0 fully saturated rings. The Balaban J connectivity index is 1.51. The van der Waals surface area contributed by atoms with Crippen LogP contribution < -0.4 is 20.3 Å². The van der Waals surface area contributed by atoms with Crippen LogP contribution in [0.2, 0.25) is 0 Å². The molecule has 150 valence electrons. The minimum absolute atomic E-state index is 0.00982. The second-order valence-corrected chi connectivity index (χ2v) is 6.45. The standard InChI is InChI=1S/C20H19N3O6/c1-11-14(12(2)22-20(26)15(11)8-21)4-6-19(25)27-9-18(24)23-13-3-5-16-17(7-13)29-10-28-16/h3,5,7H,4,6,9-10H2,1-2H3,(H,22,26)(H,23,24). The van der Waals surface area contributed by atoms with Crippen molar-refractivity contribution in [2.24, 2.45) is 0 Å². The van der Waals surface area contributed by atoms with Crippen LogP contribution in [0, 0.1) is 25.2 Å². The first-order valence-corrected chi connectivity index (χ1v) is 8.86. The summed E-state index contributed by atoms with van der Waals surface area (Å²) in [5, 5.41) is 11.7. The largest absolute Gasteiger partial charge is 0.456 e. The van der Waals surface area contributed by atoms with Gasteiger partial charge in [-0.15, -0.1) is 0 Å². The van der Waals surface area contributed by atoms with Crippen LogP contribution in [0.25, 0.3) is 0 Å². The third-order valence-electron chi connectivity index (χ3n) is 4.52. The fourth-order valence-electron chi connectivity index (χ4n) is 3.04. The van der Waals surface area contributed by atoms with Crippen molar-refractivity contribution in [3.63, 3.8) is 0 Å². The number of aromatic nitrogens is 1. The average Bonchev–Trinajstić information content (AvgIpc) is 3.14. The lowest BCUT2D eigenvalue weighted by Crippen LogP contribution is -2.21. The maximum atomic E-state index is 12.0. The van der Waals surface area contributed by atoms with E-state index in [1.54, 1.807) is 32.0 Å². The molecule has 0 saturated carbocycles. The van der Waals surface area contributed by atoms with Crippen molar-refractivity contribution in [3.8, 4) is 17.6 Å². The Labute approximate surface area is 166 Å². The van der Waals surface area contributed by atoms with E-state index >= 15 is 0 Å². The number of anilines is 1. The molecule has 9 nitrogen and oxygen atoms in total. The molecule has 0 aliphatic carbocycles. The van der Waals surface area contributed by atoms with Crippen LogP contribution >= 0.6 is 0 Å². The fourth-order valence-corrected chi connectivity index (χ4v) is 3.04.